The average molecular weight is 1100 g/mol. The molecule has 436 valence electrons. The van der Waals surface area contributed by atoms with E-state index >= 15 is 0 Å². The van der Waals surface area contributed by atoms with Gasteiger partial charge in [0.05, 0.1) is 12.1 Å². The minimum atomic E-state index is -0.687. The fourth-order valence-corrected chi connectivity index (χ4v) is 17.4. The summed E-state index contributed by atoms with van der Waals surface area (Å²) in [7, 11) is 0. The van der Waals surface area contributed by atoms with Gasteiger partial charge < -0.3 is 30.6 Å². The molecule has 0 bridgehead atoms. The molecule has 9 rings (SSSR count). The number of nitrogens with one attached hydrogen (secondary N) is 2. The van der Waals surface area contributed by atoms with Gasteiger partial charge in [-0.2, -0.15) is 5.26 Å². The summed E-state index contributed by atoms with van der Waals surface area (Å²) in [6.45, 7) is 38.8. The van der Waals surface area contributed by atoms with E-state index < -0.39 is 33.5 Å². The third-order valence-electron chi connectivity index (χ3n) is 21.4. The molecule has 0 spiro atoms. The first kappa shape index (κ1) is 62.1. The molecule has 80 heavy (non-hydrogen) atoms. The molecule has 2 amide bonds. The number of nitrogens with zero attached hydrogens (tertiary/aromatic N) is 2. The Morgan fingerprint density at radius 2 is 1.16 bits per heavy atom. The maximum Gasteiger partial charge on any atom is 0.407 e. The van der Waals surface area contributed by atoms with E-state index in [1.54, 1.807) is 12.2 Å². The third-order valence-corrected chi connectivity index (χ3v) is 21.4. The number of rotatable bonds is 5. The van der Waals surface area contributed by atoms with Gasteiger partial charge in [-0.3, -0.25) is 19.2 Å². The highest BCUT2D eigenvalue weighted by atomic mass is 16.6. The Labute approximate surface area is 477 Å². The molecule has 0 aromatic rings. The quantitative estimate of drug-likeness (QED) is 0.174. The SMILES string of the molecule is CC(C)(C)OC(=O)NC[C@]12CCC(=O)C=C1[C@@]1(C)CCC(=O)C(C)(C)[C@@H]1CC2.CC(C)(C)OC(=O)NC[C@]12CCCC=C1[C@@]1(C)CCC(=O)C(C)(C)[C@@H]1CC2.[C-]#[N+]C1=C[C@]2(C)C3=CC(=O)C(C#N)=C[C@]3(CN)CC[C@H]2C(C)(C)C1=O. The van der Waals surface area contributed by atoms with Gasteiger partial charge in [0.15, 0.2) is 17.3 Å². The molecule has 9 atom stereocenters. The first-order valence-electron chi connectivity index (χ1n) is 29.6. The number of hydrogen-bond acceptors (Lipinski definition) is 11. The number of fused-ring (bicyclic) bond motifs is 9. The fraction of sp³-hybridized carbons (Fsp3) is 0.712. The molecule has 0 aliphatic heterocycles. The zero-order valence-electron chi connectivity index (χ0n) is 51.0. The van der Waals surface area contributed by atoms with Gasteiger partial charge in [0, 0.05) is 76.8 Å². The van der Waals surface area contributed by atoms with Crippen molar-refractivity contribution in [2.75, 3.05) is 19.6 Å². The number of amides is 2. The zero-order valence-corrected chi connectivity index (χ0v) is 51.0. The molecule has 0 aromatic carbocycles. The molecule has 14 heteroatoms. The molecule has 14 nitrogen and oxygen atoms in total. The van der Waals surface area contributed by atoms with Crippen LogP contribution < -0.4 is 16.4 Å². The van der Waals surface area contributed by atoms with E-state index in [1.165, 1.54) is 18.1 Å². The zero-order chi connectivity index (χ0) is 59.7. The normalized spacial score (nSPS) is 35.5. The Kier molecular flexibility index (Phi) is 16.6. The molecular weight excluding hydrogens is 1010 g/mol. The second-order valence-electron chi connectivity index (χ2n) is 29.6. The van der Waals surface area contributed by atoms with Crippen LogP contribution in [0.5, 0.6) is 0 Å². The molecular formula is C66H93N5O9. The fourth-order valence-electron chi connectivity index (χ4n) is 17.4. The van der Waals surface area contributed by atoms with Crippen LogP contribution in [-0.2, 0) is 33.4 Å². The molecule has 0 aromatic heterocycles. The summed E-state index contributed by atoms with van der Waals surface area (Å²) in [5, 5.41) is 15.3. The summed E-state index contributed by atoms with van der Waals surface area (Å²) in [5.74, 6) is 1.06. The molecule has 0 unspecified atom stereocenters. The lowest BCUT2D eigenvalue weighted by Crippen LogP contribution is -2.57. The van der Waals surface area contributed by atoms with Crippen LogP contribution in [0.2, 0.25) is 0 Å². The van der Waals surface area contributed by atoms with Crippen LogP contribution in [0, 0.1) is 84.4 Å². The van der Waals surface area contributed by atoms with Crippen molar-refractivity contribution in [3.63, 3.8) is 0 Å². The standard InChI is InChI=1S/C23H35NO4.C23H37NO3.C20H21N3O2/c1-20(2,3)28-19(27)24-14-23-11-7-15(25)13-17(23)22(6)10-9-18(26)21(4,5)16(22)8-12-23;1-20(2,3)27-19(26)24-15-23-12-8-7-9-17(23)22(6)13-11-18(25)21(4,5)16(22)10-14-23;1-18(2)15-5-6-20(11-22)8-12(10-21)14(24)7-16(20)19(15,3)9-13(23-4)17(18)25/h13,16H,7-12,14H2,1-6H3,(H,24,27);9,16H,7-8,10-15H2,1-6H3,(H,24,26);7-9,15H,5-6,11,22H2,1-3H3/t2*16-,22-,23+;15-,19-,20-/m000/s1. The van der Waals surface area contributed by atoms with Crippen LogP contribution in [-0.4, -0.2) is 71.9 Å². The van der Waals surface area contributed by atoms with Gasteiger partial charge in [-0.05, 0) is 165 Å². The van der Waals surface area contributed by atoms with E-state index in [1.807, 2.05) is 74.5 Å². The summed E-state index contributed by atoms with van der Waals surface area (Å²) in [6.07, 6.45) is 21.5. The molecule has 0 radical (unpaired) electrons. The van der Waals surface area contributed by atoms with Crippen molar-refractivity contribution < 1.29 is 43.0 Å². The number of nitriles is 1. The summed E-state index contributed by atoms with van der Waals surface area (Å²) in [5.41, 5.74) is 6.03. The number of carbonyl (C=O) groups is 7. The van der Waals surface area contributed by atoms with Crippen LogP contribution in [0.1, 0.15) is 200 Å². The molecule has 9 aliphatic carbocycles. The van der Waals surface area contributed by atoms with Gasteiger partial charge in [0.2, 0.25) is 5.70 Å². The number of nitrogens with two attached hydrogens (primary N) is 1. The third kappa shape index (κ3) is 11.0. The Balaban J connectivity index is 0.000000174. The summed E-state index contributed by atoms with van der Waals surface area (Å²) >= 11 is 0. The van der Waals surface area contributed by atoms with Gasteiger partial charge in [0.25, 0.3) is 0 Å². The van der Waals surface area contributed by atoms with Gasteiger partial charge in [-0.15, -0.1) is 0 Å². The number of ether oxygens (including phenoxy) is 2. The van der Waals surface area contributed by atoms with Crippen LogP contribution in [0.15, 0.2) is 58.4 Å². The van der Waals surface area contributed by atoms with E-state index in [-0.39, 0.29) is 85.6 Å². The first-order valence-corrected chi connectivity index (χ1v) is 29.6. The molecule has 4 N–H and O–H groups in total. The van der Waals surface area contributed by atoms with E-state index in [0.29, 0.717) is 56.3 Å². The van der Waals surface area contributed by atoms with Gasteiger partial charge in [-0.1, -0.05) is 91.7 Å². The maximum absolute atomic E-state index is 12.7. The molecule has 0 saturated heterocycles. The topological polar surface area (TPSA) is 216 Å². The minimum Gasteiger partial charge on any atom is -0.444 e. The van der Waals surface area contributed by atoms with Crippen molar-refractivity contribution in [2.45, 2.75) is 211 Å². The van der Waals surface area contributed by atoms with E-state index in [0.717, 1.165) is 75.4 Å². The number of alkyl carbamates (subject to hydrolysis) is 2. The average Bonchev–Trinajstić information content (AvgIpc) is 2.61. The Morgan fingerprint density at radius 3 is 1.65 bits per heavy atom. The number of Topliss-reactive ketones (excluding diaryl/α,β-unsaturated/α-hetero) is 3. The largest absolute Gasteiger partial charge is 0.444 e. The number of carbonyl (C=O) groups excluding carboxylic acids is 7. The molecule has 5 saturated carbocycles. The van der Waals surface area contributed by atoms with E-state index in [2.05, 4.69) is 63.1 Å². The van der Waals surface area contributed by atoms with E-state index in [9.17, 15) is 38.8 Å². The van der Waals surface area contributed by atoms with Crippen molar-refractivity contribution in [3.05, 3.63) is 69.8 Å². The lowest BCUT2D eigenvalue weighted by molar-refractivity contribution is -0.142. The monoisotopic (exact) mass is 1100 g/mol. The number of allylic oxidation sites excluding steroid dienone is 6. The maximum atomic E-state index is 12.7. The lowest BCUT2D eigenvalue weighted by Gasteiger charge is -2.60. The molecule has 5 fully saturated rings. The summed E-state index contributed by atoms with van der Waals surface area (Å²) in [4.78, 5) is 90.7. The van der Waals surface area contributed by atoms with Crippen molar-refractivity contribution in [1.29, 1.82) is 5.26 Å². The van der Waals surface area contributed by atoms with Crippen molar-refractivity contribution in [2.24, 2.45) is 72.2 Å². The highest BCUT2D eigenvalue weighted by Crippen LogP contribution is 2.67. The first-order chi connectivity index (χ1) is 36.9. The van der Waals surface area contributed by atoms with Crippen molar-refractivity contribution in [3.8, 4) is 6.07 Å². The van der Waals surface area contributed by atoms with Crippen LogP contribution in [0.3, 0.4) is 0 Å². The number of hydrogen-bond donors (Lipinski definition) is 3. The second kappa shape index (κ2) is 21.4. The van der Waals surface area contributed by atoms with E-state index in [4.69, 9.17) is 21.8 Å². The Morgan fingerprint density at radius 1 is 0.662 bits per heavy atom. The van der Waals surface area contributed by atoms with Gasteiger partial charge >= 0.3 is 12.2 Å². The lowest BCUT2D eigenvalue weighted by atomic mass is 9.43. The summed E-state index contributed by atoms with van der Waals surface area (Å²) in [6, 6.07) is 1.97. The Bertz CT molecular complexity index is 2850. The van der Waals surface area contributed by atoms with Crippen molar-refractivity contribution >= 4 is 41.1 Å². The molecule has 0 heterocycles. The van der Waals surface area contributed by atoms with Crippen LogP contribution >= 0.6 is 0 Å². The second-order valence-corrected chi connectivity index (χ2v) is 29.6. The van der Waals surface area contributed by atoms with Crippen LogP contribution in [0.4, 0.5) is 9.59 Å². The molecule has 9 aliphatic rings. The Hall–Kier alpha value is -5.47. The summed E-state index contributed by atoms with van der Waals surface area (Å²) < 4.78 is 10.9. The number of ketones is 5. The predicted octanol–water partition coefficient (Wildman–Crippen LogP) is 12.7. The highest BCUT2D eigenvalue weighted by molar-refractivity contribution is 6.09. The van der Waals surface area contributed by atoms with Crippen molar-refractivity contribution in [1.82, 2.24) is 10.6 Å². The minimum absolute atomic E-state index is 0.0197. The van der Waals surface area contributed by atoms with Crippen LogP contribution in [0.25, 0.3) is 4.85 Å². The van der Waals surface area contributed by atoms with Gasteiger partial charge in [0.1, 0.15) is 28.8 Å². The van der Waals surface area contributed by atoms with Gasteiger partial charge in [-0.25, -0.2) is 14.4 Å². The predicted molar refractivity (Wildman–Crippen MR) is 308 cm³/mol. The smallest absolute Gasteiger partial charge is 0.407 e. The highest BCUT2D eigenvalue weighted by Gasteiger charge is 2.63.